The maximum atomic E-state index is 12.9. The maximum Gasteiger partial charge on any atom is 0.150 e. The largest absolute Gasteiger partial charge is 0.409 e. The van der Waals surface area contributed by atoms with Crippen molar-refractivity contribution >= 4 is 0 Å². The van der Waals surface area contributed by atoms with E-state index in [4.69, 9.17) is 4.84 Å². The van der Waals surface area contributed by atoms with Gasteiger partial charge in [-0.1, -0.05) is 36.4 Å². The second-order valence-electron chi connectivity index (χ2n) is 4.04. The van der Waals surface area contributed by atoms with E-state index in [9.17, 15) is 4.39 Å². The van der Waals surface area contributed by atoms with Gasteiger partial charge in [0.15, 0.2) is 0 Å². The molecule has 0 saturated heterocycles. The summed E-state index contributed by atoms with van der Waals surface area (Å²) in [7, 11) is 0. The van der Waals surface area contributed by atoms with Crippen LogP contribution in [0.2, 0.25) is 0 Å². The second-order valence-corrected chi connectivity index (χ2v) is 4.04. The van der Waals surface area contributed by atoms with Gasteiger partial charge in [-0.3, -0.25) is 0 Å². The van der Waals surface area contributed by atoms with E-state index >= 15 is 0 Å². The molecule has 0 aliphatic heterocycles. The number of nitrogens with one attached hydrogen (secondary N) is 1. The lowest BCUT2D eigenvalue weighted by molar-refractivity contribution is 0.194. The van der Waals surface area contributed by atoms with Crippen molar-refractivity contribution in [3.8, 4) is 5.75 Å². The minimum Gasteiger partial charge on any atom is -0.409 e. The zero-order valence-corrected chi connectivity index (χ0v) is 10.1. The third-order valence-corrected chi connectivity index (χ3v) is 2.57. The Morgan fingerprint density at radius 1 is 1.00 bits per heavy atom. The predicted molar refractivity (Wildman–Crippen MR) is 69.8 cm³/mol. The number of hydroxylamine groups is 1. The number of hydrogen-bond donors (Lipinski definition) is 1. The van der Waals surface area contributed by atoms with Crippen molar-refractivity contribution in [2.75, 3.05) is 6.54 Å². The standard InChI is InChI=1S/C15H16FNO/c16-14-9-4-10-15(12-14)18-17-11-5-8-13-6-2-1-3-7-13/h1-4,6-7,9-10,12,17H,5,8,11H2. The Morgan fingerprint density at radius 2 is 1.83 bits per heavy atom. The van der Waals surface area contributed by atoms with Gasteiger partial charge in [0.2, 0.25) is 0 Å². The molecule has 0 bridgehead atoms. The van der Waals surface area contributed by atoms with Crippen LogP contribution in [-0.2, 0) is 6.42 Å². The van der Waals surface area contributed by atoms with Gasteiger partial charge in [-0.25, -0.2) is 4.39 Å². The van der Waals surface area contributed by atoms with E-state index in [0.717, 1.165) is 19.4 Å². The van der Waals surface area contributed by atoms with Crippen LogP contribution in [0.3, 0.4) is 0 Å². The van der Waals surface area contributed by atoms with E-state index in [1.807, 2.05) is 18.2 Å². The summed E-state index contributed by atoms with van der Waals surface area (Å²) < 4.78 is 12.9. The van der Waals surface area contributed by atoms with Crippen LogP contribution in [0.4, 0.5) is 4.39 Å². The fourth-order valence-corrected chi connectivity index (χ4v) is 1.67. The SMILES string of the molecule is Fc1cccc(ONCCCc2ccccc2)c1. The van der Waals surface area contributed by atoms with Gasteiger partial charge < -0.3 is 4.84 Å². The normalized spacial score (nSPS) is 10.3. The van der Waals surface area contributed by atoms with Crippen LogP contribution in [0.5, 0.6) is 5.75 Å². The Hall–Kier alpha value is -1.87. The molecule has 94 valence electrons. The quantitative estimate of drug-likeness (QED) is 0.622. The van der Waals surface area contributed by atoms with Gasteiger partial charge in [0, 0.05) is 12.6 Å². The molecule has 0 aliphatic rings. The average molecular weight is 245 g/mol. The second kappa shape index (κ2) is 6.77. The third kappa shape index (κ3) is 4.18. The molecule has 1 N–H and O–H groups in total. The maximum absolute atomic E-state index is 12.9. The molecule has 0 radical (unpaired) electrons. The van der Waals surface area contributed by atoms with Crippen molar-refractivity contribution in [2.45, 2.75) is 12.8 Å². The molecule has 2 aromatic carbocycles. The molecule has 0 aliphatic carbocycles. The smallest absolute Gasteiger partial charge is 0.150 e. The molecule has 3 heteroatoms. The summed E-state index contributed by atoms with van der Waals surface area (Å²) >= 11 is 0. The molecule has 0 heterocycles. The molecule has 0 spiro atoms. The Labute approximate surface area is 106 Å². The van der Waals surface area contributed by atoms with Crippen LogP contribution in [-0.4, -0.2) is 6.54 Å². The summed E-state index contributed by atoms with van der Waals surface area (Å²) in [6, 6.07) is 16.4. The van der Waals surface area contributed by atoms with Gasteiger partial charge >= 0.3 is 0 Å². The lowest BCUT2D eigenvalue weighted by Crippen LogP contribution is -2.20. The molecule has 0 fully saturated rings. The molecule has 0 saturated carbocycles. The first-order chi connectivity index (χ1) is 8.84. The number of benzene rings is 2. The predicted octanol–water partition coefficient (Wildman–Crippen LogP) is 3.34. The molecule has 2 nitrogen and oxygen atoms in total. The highest BCUT2D eigenvalue weighted by molar-refractivity contribution is 5.22. The topological polar surface area (TPSA) is 21.3 Å². The van der Waals surface area contributed by atoms with Gasteiger partial charge in [0.1, 0.15) is 11.6 Å². The lowest BCUT2D eigenvalue weighted by Gasteiger charge is -2.07. The first-order valence-electron chi connectivity index (χ1n) is 6.04. The zero-order chi connectivity index (χ0) is 12.6. The Bertz CT molecular complexity index is 473. The highest BCUT2D eigenvalue weighted by atomic mass is 19.1. The van der Waals surface area contributed by atoms with Crippen LogP contribution >= 0.6 is 0 Å². The van der Waals surface area contributed by atoms with E-state index in [0.29, 0.717) is 5.75 Å². The molecule has 2 rings (SSSR count). The molecule has 18 heavy (non-hydrogen) atoms. The fourth-order valence-electron chi connectivity index (χ4n) is 1.67. The Kier molecular flexibility index (Phi) is 4.73. The van der Waals surface area contributed by atoms with Crippen molar-refractivity contribution in [1.29, 1.82) is 0 Å². The number of hydrogen-bond acceptors (Lipinski definition) is 2. The molecular formula is C15H16FNO. The molecular weight excluding hydrogens is 229 g/mol. The highest BCUT2D eigenvalue weighted by Gasteiger charge is 1.96. The average Bonchev–Trinajstić information content (AvgIpc) is 2.40. The van der Waals surface area contributed by atoms with Gasteiger partial charge in [-0.15, -0.1) is 0 Å². The fraction of sp³-hybridized carbons (Fsp3) is 0.200. The highest BCUT2D eigenvalue weighted by Crippen LogP contribution is 2.10. The number of halogens is 1. The van der Waals surface area contributed by atoms with E-state index < -0.39 is 0 Å². The molecule has 0 atom stereocenters. The summed E-state index contributed by atoms with van der Waals surface area (Å²) in [6.45, 7) is 0.728. The van der Waals surface area contributed by atoms with Crippen molar-refractivity contribution in [2.24, 2.45) is 0 Å². The first-order valence-corrected chi connectivity index (χ1v) is 6.04. The van der Waals surface area contributed by atoms with Crippen LogP contribution in [0, 0.1) is 5.82 Å². The summed E-state index contributed by atoms with van der Waals surface area (Å²) in [5.41, 5.74) is 4.14. The van der Waals surface area contributed by atoms with Crippen LogP contribution in [0.1, 0.15) is 12.0 Å². The number of aryl methyl sites for hydroxylation is 1. The monoisotopic (exact) mass is 245 g/mol. The number of rotatable bonds is 6. The first kappa shape index (κ1) is 12.6. The van der Waals surface area contributed by atoms with Crippen LogP contribution < -0.4 is 10.3 Å². The van der Waals surface area contributed by atoms with Gasteiger partial charge in [0.05, 0.1) is 0 Å². The van der Waals surface area contributed by atoms with Crippen molar-refractivity contribution in [3.05, 3.63) is 66.0 Å². The zero-order valence-electron chi connectivity index (χ0n) is 10.1. The molecule has 0 aromatic heterocycles. The summed E-state index contributed by atoms with van der Waals surface area (Å²) in [4.78, 5) is 5.23. The third-order valence-electron chi connectivity index (χ3n) is 2.57. The summed E-state index contributed by atoms with van der Waals surface area (Å²) in [5.74, 6) is 0.202. The van der Waals surface area contributed by atoms with E-state index in [-0.39, 0.29) is 5.82 Å². The molecule has 2 aromatic rings. The molecule has 0 unspecified atom stereocenters. The minimum atomic E-state index is -0.293. The summed E-state index contributed by atoms with van der Waals surface area (Å²) in [6.07, 6.45) is 1.97. The van der Waals surface area contributed by atoms with E-state index in [2.05, 4.69) is 17.6 Å². The van der Waals surface area contributed by atoms with Crippen molar-refractivity contribution in [3.63, 3.8) is 0 Å². The van der Waals surface area contributed by atoms with Crippen molar-refractivity contribution < 1.29 is 9.23 Å². The van der Waals surface area contributed by atoms with Crippen molar-refractivity contribution in [1.82, 2.24) is 5.48 Å². The summed E-state index contributed by atoms with van der Waals surface area (Å²) in [5, 5.41) is 0. The van der Waals surface area contributed by atoms with Gasteiger partial charge in [0.25, 0.3) is 0 Å². The minimum absolute atomic E-state index is 0.293. The van der Waals surface area contributed by atoms with Gasteiger partial charge in [-0.2, -0.15) is 5.48 Å². The van der Waals surface area contributed by atoms with E-state index in [1.54, 1.807) is 12.1 Å². The Balaban J connectivity index is 1.65. The molecule has 0 amide bonds. The van der Waals surface area contributed by atoms with Crippen LogP contribution in [0.15, 0.2) is 54.6 Å². The van der Waals surface area contributed by atoms with Crippen LogP contribution in [0.25, 0.3) is 0 Å². The lowest BCUT2D eigenvalue weighted by atomic mass is 10.1. The Morgan fingerprint density at radius 3 is 2.61 bits per heavy atom. The van der Waals surface area contributed by atoms with Gasteiger partial charge in [-0.05, 0) is 30.5 Å². The van der Waals surface area contributed by atoms with E-state index in [1.165, 1.54) is 17.7 Å².